The number of ether oxygens (including phenoxy) is 5. The van der Waals surface area contributed by atoms with Crippen LogP contribution in [-0.2, 0) is 68.8 Å². The van der Waals surface area contributed by atoms with E-state index in [1.165, 1.54) is 53.1 Å². The SMILES string of the molecule is O=C(O)/C=C/C(=O)OC(COOCc1ccc2cc(C(=O)OCC(COC(=O)C3SCCS3)OC(=O)/C=C/C(=O)O)ccc2c1)COC(=O)C1SCCS1. The first kappa shape index (κ1) is 42.5. The van der Waals surface area contributed by atoms with Gasteiger partial charge in [-0.25, -0.2) is 43.3 Å². The van der Waals surface area contributed by atoms with E-state index in [9.17, 15) is 33.6 Å². The van der Waals surface area contributed by atoms with Crippen molar-refractivity contribution in [3.05, 3.63) is 71.8 Å². The number of carboxylic acids is 2. The van der Waals surface area contributed by atoms with Gasteiger partial charge in [0.2, 0.25) is 0 Å². The van der Waals surface area contributed by atoms with Crippen LogP contribution in [0, 0.1) is 0 Å². The molecule has 20 heteroatoms. The van der Waals surface area contributed by atoms with Gasteiger partial charge in [-0.1, -0.05) is 18.2 Å². The molecule has 0 spiro atoms. The molecule has 0 amide bonds. The fraction of sp³-hybridized carbons (Fsp3) is 0.382. The van der Waals surface area contributed by atoms with Gasteiger partial charge >= 0.3 is 41.8 Å². The number of carbonyl (C=O) groups excluding carboxylic acids is 5. The Morgan fingerprint density at radius 3 is 1.63 bits per heavy atom. The molecule has 0 radical (unpaired) electrons. The highest BCUT2D eigenvalue weighted by atomic mass is 32.2. The molecule has 2 aliphatic heterocycles. The first-order valence-corrected chi connectivity index (χ1v) is 20.1. The number of hydrogen-bond acceptors (Lipinski definition) is 18. The van der Waals surface area contributed by atoms with E-state index in [2.05, 4.69) is 0 Å². The lowest BCUT2D eigenvalue weighted by Gasteiger charge is -2.18. The Morgan fingerprint density at radius 2 is 1.09 bits per heavy atom. The lowest BCUT2D eigenvalue weighted by Crippen LogP contribution is -2.31. The summed E-state index contributed by atoms with van der Waals surface area (Å²) in [6.45, 7) is -1.60. The summed E-state index contributed by atoms with van der Waals surface area (Å²) in [7, 11) is 0. The molecule has 2 atom stereocenters. The van der Waals surface area contributed by atoms with Crippen molar-refractivity contribution in [2.75, 3.05) is 49.4 Å². The van der Waals surface area contributed by atoms with Crippen molar-refractivity contribution < 1.29 is 77.2 Å². The molecule has 2 fully saturated rings. The van der Waals surface area contributed by atoms with Crippen molar-refractivity contribution in [2.24, 2.45) is 0 Å². The predicted molar refractivity (Wildman–Crippen MR) is 198 cm³/mol. The maximum absolute atomic E-state index is 12.9. The van der Waals surface area contributed by atoms with Crippen LogP contribution in [0.25, 0.3) is 10.8 Å². The minimum absolute atomic E-state index is 0.0427. The van der Waals surface area contributed by atoms with E-state index in [1.807, 2.05) is 0 Å². The van der Waals surface area contributed by atoms with Gasteiger partial charge in [0.05, 0.1) is 5.56 Å². The second-order valence-electron chi connectivity index (χ2n) is 10.9. The fourth-order valence-electron chi connectivity index (χ4n) is 4.39. The van der Waals surface area contributed by atoms with Gasteiger partial charge in [0.1, 0.15) is 42.2 Å². The van der Waals surface area contributed by atoms with Crippen LogP contribution in [0.15, 0.2) is 60.7 Å². The third kappa shape index (κ3) is 14.9. The van der Waals surface area contributed by atoms with Crippen molar-refractivity contribution in [3.8, 4) is 0 Å². The van der Waals surface area contributed by atoms with E-state index in [0.29, 0.717) is 29.2 Å². The van der Waals surface area contributed by atoms with Gasteiger partial charge < -0.3 is 33.9 Å². The van der Waals surface area contributed by atoms with Crippen LogP contribution in [0.3, 0.4) is 0 Å². The highest BCUT2D eigenvalue weighted by Crippen LogP contribution is 2.33. The van der Waals surface area contributed by atoms with Gasteiger partial charge in [-0.2, -0.15) is 0 Å². The third-order valence-corrected chi connectivity index (χ3v) is 12.7. The lowest BCUT2D eigenvalue weighted by molar-refractivity contribution is -0.315. The number of benzene rings is 2. The summed E-state index contributed by atoms with van der Waals surface area (Å²) in [6.07, 6.45) is 0.305. The summed E-state index contributed by atoms with van der Waals surface area (Å²) >= 11 is 5.72. The Kier molecular flexibility index (Phi) is 17.5. The Bertz CT molecular complexity index is 1740. The predicted octanol–water partition coefficient (Wildman–Crippen LogP) is 3.25. The Hall–Kier alpha value is -4.21. The van der Waals surface area contributed by atoms with E-state index in [1.54, 1.807) is 30.3 Å². The Morgan fingerprint density at radius 1 is 0.611 bits per heavy atom. The summed E-state index contributed by atoms with van der Waals surface area (Å²) in [5, 5.41) is 18.9. The summed E-state index contributed by atoms with van der Waals surface area (Å²) in [6, 6.07) is 9.96. The van der Waals surface area contributed by atoms with Gasteiger partial charge in [0.25, 0.3) is 0 Å². The van der Waals surface area contributed by atoms with E-state index in [4.69, 9.17) is 43.7 Å². The van der Waals surface area contributed by atoms with Crippen LogP contribution in [0.5, 0.6) is 0 Å². The largest absolute Gasteiger partial charge is 0.478 e. The van der Waals surface area contributed by atoms with Gasteiger partial charge in [-0.05, 0) is 34.5 Å². The minimum atomic E-state index is -1.37. The molecule has 0 bridgehead atoms. The topological polar surface area (TPSA) is 225 Å². The van der Waals surface area contributed by atoms with Gasteiger partial charge in [0.15, 0.2) is 12.2 Å². The van der Waals surface area contributed by atoms with Crippen molar-refractivity contribution in [1.29, 1.82) is 0 Å². The first-order valence-electron chi connectivity index (χ1n) is 15.9. The summed E-state index contributed by atoms with van der Waals surface area (Å²) in [5.74, 6) is -3.28. The van der Waals surface area contributed by atoms with Crippen LogP contribution in [0.4, 0.5) is 0 Å². The van der Waals surface area contributed by atoms with Crippen LogP contribution >= 0.6 is 47.0 Å². The minimum Gasteiger partial charge on any atom is -0.478 e. The number of carboxylic acid groups (broad SMARTS) is 2. The molecule has 16 nitrogen and oxygen atoms in total. The molecule has 2 aliphatic rings. The highest BCUT2D eigenvalue weighted by Gasteiger charge is 2.29. The molecule has 2 unspecified atom stereocenters. The van der Waals surface area contributed by atoms with Crippen molar-refractivity contribution >= 4 is 99.6 Å². The Labute approximate surface area is 324 Å². The van der Waals surface area contributed by atoms with Crippen LogP contribution in [-0.4, -0.2) is 123 Å². The molecule has 4 rings (SSSR count). The first-order chi connectivity index (χ1) is 26.0. The van der Waals surface area contributed by atoms with Crippen LogP contribution < -0.4 is 0 Å². The molecule has 0 saturated carbocycles. The van der Waals surface area contributed by atoms with Crippen molar-refractivity contribution in [1.82, 2.24) is 0 Å². The molecule has 2 N–H and O–H groups in total. The van der Waals surface area contributed by atoms with Crippen LogP contribution in [0.1, 0.15) is 15.9 Å². The number of fused-ring (bicyclic) bond motifs is 1. The molecule has 2 heterocycles. The molecular formula is C34H34O16S4. The molecule has 2 aromatic rings. The van der Waals surface area contributed by atoms with Gasteiger partial charge in [-0.3, -0.25) is 0 Å². The smallest absolute Gasteiger partial charge is 0.338 e. The van der Waals surface area contributed by atoms with Crippen LogP contribution in [0.2, 0.25) is 0 Å². The molecule has 2 aromatic carbocycles. The van der Waals surface area contributed by atoms with E-state index in [0.717, 1.165) is 34.5 Å². The zero-order chi connectivity index (χ0) is 38.9. The van der Waals surface area contributed by atoms with E-state index < -0.39 is 71.8 Å². The number of aliphatic carboxylic acids is 2. The number of hydrogen-bond donors (Lipinski definition) is 2. The van der Waals surface area contributed by atoms with Gasteiger partial charge in [0, 0.05) is 47.3 Å². The molecule has 290 valence electrons. The second-order valence-corrected chi connectivity index (χ2v) is 16.4. The zero-order valence-electron chi connectivity index (χ0n) is 28.2. The monoisotopic (exact) mass is 826 g/mol. The molecule has 0 aromatic heterocycles. The maximum Gasteiger partial charge on any atom is 0.338 e. The normalized spacial score (nSPS) is 15.9. The lowest BCUT2D eigenvalue weighted by atomic mass is 10.0. The Balaban J connectivity index is 1.29. The molecule has 2 saturated heterocycles. The summed E-state index contributed by atoms with van der Waals surface area (Å²) in [5.41, 5.74) is 0.842. The quantitative estimate of drug-likeness (QED) is 0.0488. The number of rotatable bonds is 20. The summed E-state index contributed by atoms with van der Waals surface area (Å²) in [4.78, 5) is 93.7. The number of thioether (sulfide) groups is 4. The van der Waals surface area contributed by atoms with Crippen molar-refractivity contribution in [2.45, 2.75) is 28.0 Å². The number of esters is 5. The van der Waals surface area contributed by atoms with Gasteiger partial charge in [-0.15, -0.1) is 47.0 Å². The fourth-order valence-corrected chi connectivity index (χ4v) is 9.53. The summed E-state index contributed by atoms with van der Waals surface area (Å²) < 4.78 is 25.4. The average Bonchev–Trinajstić information content (AvgIpc) is 3.90. The molecule has 54 heavy (non-hydrogen) atoms. The standard InChI is InChI=1S/C34H34O16S4/c35-26(36)5-7-28(39)49-24(17-45-31(42)33-51-9-10-52-33)16-44-30(41)23-4-3-21-13-20(1-2-22(21)14-23)15-47-48-19-25(50-29(40)8-6-27(37)38)18-46-32(43)34-53-11-12-54-34/h1-8,13-14,24-25,33-34H,9-12,15-19H2,(H,35,36)(H,37,38)/b7-5+,8-6+. The third-order valence-electron chi connectivity index (χ3n) is 6.84. The molecule has 0 aliphatic carbocycles. The maximum atomic E-state index is 12.9. The number of carbonyl (C=O) groups is 7. The zero-order valence-corrected chi connectivity index (χ0v) is 31.5. The average molecular weight is 827 g/mol. The molecular weight excluding hydrogens is 793 g/mol. The van der Waals surface area contributed by atoms with E-state index >= 15 is 0 Å². The van der Waals surface area contributed by atoms with E-state index in [-0.39, 0.29) is 30.0 Å². The van der Waals surface area contributed by atoms with Crippen molar-refractivity contribution in [3.63, 3.8) is 0 Å². The second kappa shape index (κ2) is 22.2. The highest BCUT2D eigenvalue weighted by molar-refractivity contribution is 8.21.